The molecule has 8 heteroatoms. The van der Waals surface area contributed by atoms with E-state index in [4.69, 9.17) is 4.74 Å². The van der Waals surface area contributed by atoms with E-state index in [0.717, 1.165) is 34.7 Å². The van der Waals surface area contributed by atoms with Gasteiger partial charge < -0.3 is 15.0 Å². The molecule has 0 radical (unpaired) electrons. The molecule has 0 aliphatic heterocycles. The highest BCUT2D eigenvalue weighted by atomic mass is 19.4. The molecule has 0 aliphatic rings. The number of amides is 1. The minimum atomic E-state index is -4.47. The van der Waals surface area contributed by atoms with E-state index in [-0.39, 0.29) is 12.0 Å². The lowest BCUT2D eigenvalue weighted by molar-refractivity contribution is -0.144. The first kappa shape index (κ1) is 21.2. The number of para-hydroxylation sites is 1. The Bertz CT molecular complexity index is 1090. The monoisotopic (exact) mass is 416 g/mol. The van der Waals surface area contributed by atoms with Gasteiger partial charge in [0.2, 0.25) is 5.91 Å². The van der Waals surface area contributed by atoms with Crippen molar-refractivity contribution < 1.29 is 27.5 Å². The molecule has 156 valence electrons. The van der Waals surface area contributed by atoms with Crippen LogP contribution in [-0.4, -0.2) is 30.0 Å². The van der Waals surface area contributed by atoms with Gasteiger partial charge >= 0.3 is 12.1 Å². The summed E-state index contributed by atoms with van der Waals surface area (Å²) >= 11 is 0. The quantitative estimate of drug-likeness (QED) is 0.470. The van der Waals surface area contributed by atoms with E-state index in [1.807, 2.05) is 24.3 Å². The van der Waals surface area contributed by atoms with Crippen LogP contribution < -0.4 is 5.32 Å². The second kappa shape index (κ2) is 8.86. The molecule has 0 saturated carbocycles. The fraction of sp³-hybridized carbons (Fsp3) is 0.182. The number of carbonyl (C=O) groups excluding carboxylic acids is 2. The number of aromatic nitrogens is 1. The predicted molar refractivity (Wildman–Crippen MR) is 106 cm³/mol. The maximum absolute atomic E-state index is 12.8. The topological polar surface area (TPSA) is 71.2 Å². The number of H-pyrrole nitrogens is 1. The number of fused-ring (bicyclic) bond motifs is 1. The maximum atomic E-state index is 12.8. The molecule has 1 atom stereocenters. The van der Waals surface area contributed by atoms with Crippen molar-refractivity contribution in [1.29, 1.82) is 0 Å². The number of hydrogen-bond donors (Lipinski definition) is 2. The molecule has 1 heterocycles. The first-order valence-corrected chi connectivity index (χ1v) is 9.06. The zero-order valence-electron chi connectivity index (χ0n) is 16.0. The van der Waals surface area contributed by atoms with Crippen LogP contribution in [-0.2, 0) is 26.9 Å². The number of hydrogen-bond acceptors (Lipinski definition) is 3. The number of aromatic amines is 1. The Labute approximate surface area is 170 Å². The van der Waals surface area contributed by atoms with Crippen LogP contribution in [0.15, 0.2) is 60.8 Å². The highest BCUT2D eigenvalue weighted by Gasteiger charge is 2.30. The number of carbonyl (C=O) groups is 2. The predicted octanol–water partition coefficient (Wildman–Crippen LogP) is 4.10. The molecule has 2 N–H and O–H groups in total. The molecule has 5 nitrogen and oxygen atoms in total. The van der Waals surface area contributed by atoms with Gasteiger partial charge in [-0.15, -0.1) is 0 Å². The second-order valence-electron chi connectivity index (χ2n) is 6.60. The van der Waals surface area contributed by atoms with Gasteiger partial charge in [-0.1, -0.05) is 30.3 Å². The molecular formula is C22H19F3N2O3. The van der Waals surface area contributed by atoms with Gasteiger partial charge in [0.05, 0.1) is 12.7 Å². The van der Waals surface area contributed by atoms with E-state index < -0.39 is 29.7 Å². The molecular weight excluding hydrogens is 397 g/mol. The van der Waals surface area contributed by atoms with E-state index in [0.29, 0.717) is 0 Å². The van der Waals surface area contributed by atoms with Crippen molar-refractivity contribution in [2.75, 3.05) is 7.11 Å². The molecule has 0 spiro atoms. The smallest absolute Gasteiger partial charge is 0.416 e. The van der Waals surface area contributed by atoms with Crippen LogP contribution in [0.3, 0.4) is 0 Å². The van der Waals surface area contributed by atoms with E-state index in [1.54, 1.807) is 6.20 Å². The molecule has 0 aliphatic carbocycles. The second-order valence-corrected chi connectivity index (χ2v) is 6.60. The van der Waals surface area contributed by atoms with Crippen LogP contribution >= 0.6 is 0 Å². The zero-order valence-corrected chi connectivity index (χ0v) is 16.0. The molecule has 0 fully saturated rings. The lowest BCUT2D eigenvalue weighted by atomic mass is 10.0. The Morgan fingerprint density at radius 3 is 2.67 bits per heavy atom. The molecule has 3 aromatic rings. The van der Waals surface area contributed by atoms with Crippen LogP contribution in [0.1, 0.15) is 16.7 Å². The average Bonchev–Trinajstić information content (AvgIpc) is 3.14. The van der Waals surface area contributed by atoms with Gasteiger partial charge in [-0.2, -0.15) is 13.2 Å². The largest absolute Gasteiger partial charge is 0.467 e. The third-order valence-electron chi connectivity index (χ3n) is 4.54. The molecule has 2 aromatic carbocycles. The van der Waals surface area contributed by atoms with E-state index in [9.17, 15) is 22.8 Å². The highest BCUT2D eigenvalue weighted by molar-refractivity contribution is 5.95. The number of alkyl halides is 3. The minimum absolute atomic E-state index is 0.194. The summed E-state index contributed by atoms with van der Waals surface area (Å²) < 4.78 is 43.2. The Morgan fingerprint density at radius 1 is 1.17 bits per heavy atom. The molecule has 1 aromatic heterocycles. The lowest BCUT2D eigenvalue weighted by Crippen LogP contribution is -2.42. The Hall–Kier alpha value is -3.55. The van der Waals surface area contributed by atoms with Crippen LogP contribution in [0.4, 0.5) is 13.2 Å². The first-order valence-electron chi connectivity index (χ1n) is 9.06. The van der Waals surface area contributed by atoms with Crippen LogP contribution in [0.2, 0.25) is 0 Å². The zero-order chi connectivity index (χ0) is 21.7. The van der Waals surface area contributed by atoms with Crippen molar-refractivity contribution in [3.8, 4) is 0 Å². The molecule has 3 rings (SSSR count). The standard InChI is InChI=1S/C22H19F3N2O3/c1-30-21(29)19(12-15-13-26-18-8-3-2-7-17(15)18)27-20(28)10-9-14-5-4-6-16(11-14)22(23,24)25/h2-11,13,19,26H,12H2,1H3,(H,27,28)/b10-9+. The molecule has 30 heavy (non-hydrogen) atoms. The SMILES string of the molecule is COC(=O)C(Cc1c[nH]c2ccccc12)NC(=O)/C=C/c1cccc(C(F)(F)F)c1. The number of ether oxygens (including phenoxy) is 1. The van der Waals surface area contributed by atoms with Gasteiger partial charge in [0.15, 0.2) is 0 Å². The average molecular weight is 416 g/mol. The molecule has 1 amide bonds. The summed E-state index contributed by atoms with van der Waals surface area (Å²) in [5, 5.41) is 3.47. The third kappa shape index (κ3) is 5.08. The summed E-state index contributed by atoms with van der Waals surface area (Å²) in [6.07, 6.45) is -0.183. The molecule has 0 saturated heterocycles. The minimum Gasteiger partial charge on any atom is -0.467 e. The number of methoxy groups -OCH3 is 1. The van der Waals surface area contributed by atoms with Gasteiger partial charge in [0, 0.05) is 29.6 Å². The normalized spacial score (nSPS) is 12.8. The highest BCUT2D eigenvalue weighted by Crippen LogP contribution is 2.29. The summed E-state index contributed by atoms with van der Waals surface area (Å²) in [6, 6.07) is 11.2. The van der Waals surface area contributed by atoms with Gasteiger partial charge in [-0.3, -0.25) is 4.79 Å². The number of nitrogens with one attached hydrogen (secondary N) is 2. The summed E-state index contributed by atoms with van der Waals surface area (Å²) in [7, 11) is 1.22. The number of halogens is 3. The Balaban J connectivity index is 1.73. The van der Waals surface area contributed by atoms with Crippen molar-refractivity contribution in [3.63, 3.8) is 0 Å². The first-order chi connectivity index (χ1) is 14.3. The summed E-state index contributed by atoms with van der Waals surface area (Å²) in [5.74, 6) is -1.25. The van der Waals surface area contributed by atoms with Crippen LogP contribution in [0.5, 0.6) is 0 Å². The van der Waals surface area contributed by atoms with Crippen molar-refractivity contribution in [2.24, 2.45) is 0 Å². The van der Waals surface area contributed by atoms with Crippen molar-refractivity contribution in [3.05, 3.63) is 77.5 Å². The summed E-state index contributed by atoms with van der Waals surface area (Å²) in [6.45, 7) is 0. The van der Waals surface area contributed by atoms with Crippen molar-refractivity contribution >= 4 is 28.9 Å². The van der Waals surface area contributed by atoms with Gasteiger partial charge in [0.1, 0.15) is 6.04 Å². The fourth-order valence-corrected chi connectivity index (χ4v) is 3.07. The molecule has 1 unspecified atom stereocenters. The van der Waals surface area contributed by atoms with E-state index in [2.05, 4.69) is 10.3 Å². The molecule has 0 bridgehead atoms. The Kier molecular flexibility index (Phi) is 6.25. The van der Waals surface area contributed by atoms with Crippen LogP contribution in [0, 0.1) is 0 Å². The third-order valence-corrected chi connectivity index (χ3v) is 4.54. The van der Waals surface area contributed by atoms with Crippen LogP contribution in [0.25, 0.3) is 17.0 Å². The number of rotatable bonds is 6. The maximum Gasteiger partial charge on any atom is 0.416 e. The Morgan fingerprint density at radius 2 is 1.93 bits per heavy atom. The number of esters is 1. The van der Waals surface area contributed by atoms with E-state index >= 15 is 0 Å². The van der Waals surface area contributed by atoms with Gasteiger partial charge in [-0.05, 0) is 35.4 Å². The lowest BCUT2D eigenvalue weighted by Gasteiger charge is -2.15. The number of benzene rings is 2. The van der Waals surface area contributed by atoms with E-state index in [1.165, 1.54) is 25.3 Å². The van der Waals surface area contributed by atoms with Gasteiger partial charge in [-0.25, -0.2) is 4.79 Å². The van der Waals surface area contributed by atoms with Gasteiger partial charge in [0.25, 0.3) is 0 Å². The summed E-state index contributed by atoms with van der Waals surface area (Å²) in [4.78, 5) is 27.5. The van der Waals surface area contributed by atoms with Crippen molar-refractivity contribution in [1.82, 2.24) is 10.3 Å². The van der Waals surface area contributed by atoms with Crippen molar-refractivity contribution in [2.45, 2.75) is 18.6 Å². The summed E-state index contributed by atoms with van der Waals surface area (Å²) in [5.41, 5.74) is 1.12. The fourth-order valence-electron chi connectivity index (χ4n) is 3.07.